The monoisotopic (exact) mass is 214 g/mol. The van der Waals surface area contributed by atoms with Crippen LogP contribution in [-0.2, 0) is 5.54 Å². The molecule has 72 valence electrons. The molecule has 1 saturated heterocycles. The van der Waals surface area contributed by atoms with Gasteiger partial charge in [0.05, 0.1) is 5.54 Å². The zero-order chi connectivity index (χ0) is 9.47. The smallest absolute Gasteiger partial charge is 0.114 e. The van der Waals surface area contributed by atoms with Crippen LogP contribution in [-0.4, -0.2) is 16.0 Å². The minimum Gasteiger partial charge on any atom is -0.319 e. The summed E-state index contributed by atoms with van der Waals surface area (Å²) < 4.78 is 0. The quantitative estimate of drug-likeness (QED) is 0.778. The van der Waals surface area contributed by atoms with E-state index in [1.165, 1.54) is 0 Å². The number of aryl methyl sites for hydroxylation is 1. The molecule has 2 unspecified atom stereocenters. The van der Waals surface area contributed by atoms with Crippen LogP contribution in [0.1, 0.15) is 24.0 Å². The van der Waals surface area contributed by atoms with Crippen LogP contribution >= 0.6 is 23.1 Å². The van der Waals surface area contributed by atoms with Crippen LogP contribution < -0.4 is 5.73 Å². The highest BCUT2D eigenvalue weighted by Gasteiger charge is 2.38. The Labute approximate surface area is 86.9 Å². The third kappa shape index (κ3) is 1.75. The lowest BCUT2D eigenvalue weighted by Gasteiger charge is -2.19. The van der Waals surface area contributed by atoms with Gasteiger partial charge in [0.2, 0.25) is 0 Å². The Hall–Kier alpha value is -0.0600. The lowest BCUT2D eigenvalue weighted by atomic mass is 9.99. The number of aromatic nitrogens is 1. The zero-order valence-corrected chi connectivity index (χ0v) is 9.54. The summed E-state index contributed by atoms with van der Waals surface area (Å²) in [7, 11) is 0. The van der Waals surface area contributed by atoms with E-state index in [1.54, 1.807) is 11.3 Å². The van der Waals surface area contributed by atoms with Crippen molar-refractivity contribution < 1.29 is 0 Å². The van der Waals surface area contributed by atoms with Crippen LogP contribution in [0.25, 0.3) is 0 Å². The predicted octanol–water partition coefficient (Wildman–Crippen LogP) is 2.13. The van der Waals surface area contributed by atoms with Crippen molar-refractivity contribution in [3.63, 3.8) is 0 Å². The summed E-state index contributed by atoms with van der Waals surface area (Å²) in [5, 5.41) is 3.87. The molecular weight excluding hydrogens is 200 g/mol. The number of thiazole rings is 1. The Morgan fingerprint density at radius 2 is 2.46 bits per heavy atom. The average Bonchev–Trinajstić information content (AvgIpc) is 2.60. The van der Waals surface area contributed by atoms with Crippen molar-refractivity contribution in [1.29, 1.82) is 0 Å². The molecule has 2 rings (SSSR count). The maximum absolute atomic E-state index is 6.31. The maximum atomic E-state index is 6.31. The lowest BCUT2D eigenvalue weighted by molar-refractivity contribution is 0.482. The van der Waals surface area contributed by atoms with Gasteiger partial charge in [-0.3, -0.25) is 0 Å². The van der Waals surface area contributed by atoms with E-state index in [0.717, 1.165) is 22.9 Å². The van der Waals surface area contributed by atoms with Crippen LogP contribution in [0.15, 0.2) is 5.38 Å². The van der Waals surface area contributed by atoms with Crippen LogP contribution in [0.2, 0.25) is 0 Å². The van der Waals surface area contributed by atoms with E-state index >= 15 is 0 Å². The van der Waals surface area contributed by atoms with Gasteiger partial charge in [0.1, 0.15) is 5.01 Å². The summed E-state index contributed by atoms with van der Waals surface area (Å²) in [6, 6.07) is 0. The molecule has 0 amide bonds. The standard InChI is InChI=1S/C9H14N2S2/c1-6-4-12-8(11-6)9(10)3-7(2)13-5-9/h4,7H,3,5,10H2,1-2H3. The van der Waals surface area contributed by atoms with E-state index < -0.39 is 0 Å². The van der Waals surface area contributed by atoms with Gasteiger partial charge in [-0.1, -0.05) is 6.92 Å². The van der Waals surface area contributed by atoms with Gasteiger partial charge in [0.25, 0.3) is 0 Å². The van der Waals surface area contributed by atoms with E-state index in [-0.39, 0.29) is 5.54 Å². The van der Waals surface area contributed by atoms with Gasteiger partial charge < -0.3 is 5.73 Å². The fourth-order valence-corrected chi connectivity index (χ4v) is 3.92. The number of nitrogens with two attached hydrogens (primary N) is 1. The summed E-state index contributed by atoms with van der Waals surface area (Å²) in [4.78, 5) is 4.48. The first-order chi connectivity index (χ1) is 6.10. The van der Waals surface area contributed by atoms with Crippen molar-refractivity contribution >= 4 is 23.1 Å². The Morgan fingerprint density at radius 3 is 2.92 bits per heavy atom. The highest BCUT2D eigenvalue weighted by atomic mass is 32.2. The first-order valence-corrected chi connectivity index (χ1v) is 6.36. The first-order valence-electron chi connectivity index (χ1n) is 4.43. The van der Waals surface area contributed by atoms with E-state index in [2.05, 4.69) is 17.3 Å². The number of thioether (sulfide) groups is 1. The van der Waals surface area contributed by atoms with E-state index in [4.69, 9.17) is 5.73 Å². The summed E-state index contributed by atoms with van der Waals surface area (Å²) in [5.41, 5.74) is 7.25. The average molecular weight is 214 g/mol. The normalized spacial score (nSPS) is 33.9. The predicted molar refractivity (Wildman–Crippen MR) is 59.3 cm³/mol. The SMILES string of the molecule is Cc1csc(C2(N)CSC(C)C2)n1. The Balaban J connectivity index is 2.25. The van der Waals surface area contributed by atoms with Gasteiger partial charge in [-0.15, -0.1) is 11.3 Å². The molecule has 2 nitrogen and oxygen atoms in total. The summed E-state index contributed by atoms with van der Waals surface area (Å²) in [6.45, 7) is 4.26. The molecule has 0 radical (unpaired) electrons. The fraction of sp³-hybridized carbons (Fsp3) is 0.667. The van der Waals surface area contributed by atoms with Crippen LogP contribution in [0.4, 0.5) is 0 Å². The van der Waals surface area contributed by atoms with Crippen molar-refractivity contribution in [2.45, 2.75) is 31.1 Å². The zero-order valence-electron chi connectivity index (χ0n) is 7.91. The summed E-state index contributed by atoms with van der Waals surface area (Å²) >= 11 is 3.65. The van der Waals surface area contributed by atoms with Crippen LogP contribution in [0, 0.1) is 6.92 Å². The molecule has 1 aromatic heterocycles. The second kappa shape index (κ2) is 3.26. The molecular formula is C9H14N2S2. The van der Waals surface area contributed by atoms with E-state index in [0.29, 0.717) is 5.25 Å². The number of hydrogen-bond acceptors (Lipinski definition) is 4. The molecule has 0 aliphatic carbocycles. The van der Waals surface area contributed by atoms with Gasteiger partial charge in [0, 0.05) is 22.1 Å². The first kappa shape index (κ1) is 9.49. The van der Waals surface area contributed by atoms with Gasteiger partial charge in [-0.2, -0.15) is 11.8 Å². The number of hydrogen-bond donors (Lipinski definition) is 1. The molecule has 0 saturated carbocycles. The Bertz CT molecular complexity index is 310. The molecule has 2 atom stereocenters. The topological polar surface area (TPSA) is 38.9 Å². The second-order valence-electron chi connectivity index (χ2n) is 3.78. The molecule has 1 aliphatic rings. The molecule has 0 bridgehead atoms. The van der Waals surface area contributed by atoms with Crippen LogP contribution in [0.3, 0.4) is 0 Å². The van der Waals surface area contributed by atoms with Gasteiger partial charge >= 0.3 is 0 Å². The molecule has 4 heteroatoms. The highest BCUT2D eigenvalue weighted by Crippen LogP contribution is 2.40. The van der Waals surface area contributed by atoms with Gasteiger partial charge in [-0.05, 0) is 13.3 Å². The molecule has 0 aromatic carbocycles. The number of nitrogens with zero attached hydrogens (tertiary/aromatic N) is 1. The third-order valence-corrected chi connectivity index (χ3v) is 4.92. The number of rotatable bonds is 1. The minimum atomic E-state index is -0.150. The van der Waals surface area contributed by atoms with Gasteiger partial charge in [0.15, 0.2) is 0 Å². The molecule has 1 fully saturated rings. The van der Waals surface area contributed by atoms with Crippen molar-refractivity contribution in [1.82, 2.24) is 4.98 Å². The van der Waals surface area contributed by atoms with Crippen molar-refractivity contribution in [2.24, 2.45) is 5.73 Å². The summed E-state index contributed by atoms with van der Waals surface area (Å²) in [6.07, 6.45) is 1.06. The Kier molecular flexibility index (Phi) is 2.38. The van der Waals surface area contributed by atoms with Crippen molar-refractivity contribution in [3.8, 4) is 0 Å². The van der Waals surface area contributed by atoms with Crippen molar-refractivity contribution in [3.05, 3.63) is 16.1 Å². The summed E-state index contributed by atoms with van der Waals surface area (Å²) in [5.74, 6) is 1.02. The van der Waals surface area contributed by atoms with E-state index in [1.807, 2.05) is 18.7 Å². The van der Waals surface area contributed by atoms with Crippen LogP contribution in [0.5, 0.6) is 0 Å². The second-order valence-corrected chi connectivity index (χ2v) is 6.06. The molecule has 1 aliphatic heterocycles. The van der Waals surface area contributed by atoms with E-state index in [9.17, 15) is 0 Å². The molecule has 0 spiro atoms. The fourth-order valence-electron chi connectivity index (χ4n) is 1.65. The molecule has 1 aromatic rings. The van der Waals surface area contributed by atoms with Crippen molar-refractivity contribution in [2.75, 3.05) is 5.75 Å². The molecule has 2 heterocycles. The maximum Gasteiger partial charge on any atom is 0.114 e. The van der Waals surface area contributed by atoms with Gasteiger partial charge in [-0.25, -0.2) is 4.98 Å². The molecule has 13 heavy (non-hydrogen) atoms. The largest absolute Gasteiger partial charge is 0.319 e. The lowest BCUT2D eigenvalue weighted by Crippen LogP contribution is -2.36. The Morgan fingerprint density at radius 1 is 1.69 bits per heavy atom. The third-order valence-electron chi connectivity index (χ3n) is 2.32. The highest BCUT2D eigenvalue weighted by molar-refractivity contribution is 8.00. The molecule has 2 N–H and O–H groups in total. The minimum absolute atomic E-state index is 0.150.